The molecule has 18 heavy (non-hydrogen) atoms. The number of aromatic nitrogens is 2. The third-order valence-corrected chi connectivity index (χ3v) is 4.17. The maximum Gasteiger partial charge on any atom is 0.221 e. The SMILES string of the molecule is COc1ncnc(NC2CCC(C)C(C)C2)c1C. The smallest absolute Gasteiger partial charge is 0.221 e. The van der Waals surface area contributed by atoms with E-state index in [1.165, 1.54) is 19.3 Å². The number of hydrogen-bond acceptors (Lipinski definition) is 4. The lowest BCUT2D eigenvalue weighted by Gasteiger charge is -2.33. The summed E-state index contributed by atoms with van der Waals surface area (Å²) in [6.07, 6.45) is 5.29. The van der Waals surface area contributed by atoms with Crippen molar-refractivity contribution in [3.63, 3.8) is 0 Å². The van der Waals surface area contributed by atoms with E-state index in [4.69, 9.17) is 4.74 Å². The van der Waals surface area contributed by atoms with Crippen LogP contribution in [0.3, 0.4) is 0 Å². The van der Waals surface area contributed by atoms with Crippen molar-refractivity contribution in [1.29, 1.82) is 0 Å². The quantitative estimate of drug-likeness (QED) is 0.894. The van der Waals surface area contributed by atoms with Gasteiger partial charge in [-0.1, -0.05) is 13.8 Å². The highest BCUT2D eigenvalue weighted by atomic mass is 16.5. The highest BCUT2D eigenvalue weighted by molar-refractivity contribution is 5.48. The summed E-state index contributed by atoms with van der Waals surface area (Å²) in [6, 6.07) is 0.523. The second kappa shape index (κ2) is 5.55. The highest BCUT2D eigenvalue weighted by Crippen LogP contribution is 2.31. The van der Waals surface area contributed by atoms with E-state index in [1.807, 2.05) is 6.92 Å². The van der Waals surface area contributed by atoms with Crippen LogP contribution in [0, 0.1) is 18.8 Å². The highest BCUT2D eigenvalue weighted by Gasteiger charge is 2.25. The van der Waals surface area contributed by atoms with E-state index in [0.29, 0.717) is 11.9 Å². The molecule has 1 aliphatic rings. The molecule has 3 atom stereocenters. The summed E-state index contributed by atoms with van der Waals surface area (Å²) in [5.41, 5.74) is 0.992. The molecule has 1 heterocycles. The molecule has 1 aromatic rings. The van der Waals surface area contributed by atoms with Crippen LogP contribution in [0.1, 0.15) is 38.7 Å². The zero-order valence-electron chi connectivity index (χ0n) is 11.7. The Hall–Kier alpha value is -1.32. The molecule has 4 heteroatoms. The topological polar surface area (TPSA) is 47.0 Å². The third-order valence-electron chi connectivity index (χ3n) is 4.17. The molecule has 4 nitrogen and oxygen atoms in total. The fourth-order valence-electron chi connectivity index (χ4n) is 2.66. The van der Waals surface area contributed by atoms with Crippen molar-refractivity contribution in [3.8, 4) is 5.88 Å². The second-order valence-corrected chi connectivity index (χ2v) is 5.47. The summed E-state index contributed by atoms with van der Waals surface area (Å²) in [7, 11) is 1.64. The van der Waals surface area contributed by atoms with Gasteiger partial charge < -0.3 is 10.1 Å². The summed E-state index contributed by atoms with van der Waals surface area (Å²) < 4.78 is 5.22. The van der Waals surface area contributed by atoms with Crippen molar-refractivity contribution in [3.05, 3.63) is 11.9 Å². The van der Waals surface area contributed by atoms with Crippen molar-refractivity contribution in [2.24, 2.45) is 11.8 Å². The molecule has 100 valence electrons. The van der Waals surface area contributed by atoms with Crippen molar-refractivity contribution >= 4 is 5.82 Å². The Morgan fingerprint density at radius 2 is 2.00 bits per heavy atom. The first-order chi connectivity index (χ1) is 8.61. The number of methoxy groups -OCH3 is 1. The van der Waals surface area contributed by atoms with Gasteiger partial charge in [0.05, 0.1) is 12.7 Å². The summed E-state index contributed by atoms with van der Waals surface area (Å²) in [6.45, 7) is 6.68. The van der Waals surface area contributed by atoms with Gasteiger partial charge in [0.1, 0.15) is 12.1 Å². The fraction of sp³-hybridized carbons (Fsp3) is 0.714. The first-order valence-corrected chi connectivity index (χ1v) is 6.74. The minimum absolute atomic E-state index is 0.523. The van der Waals surface area contributed by atoms with Gasteiger partial charge in [-0.3, -0.25) is 0 Å². The van der Waals surface area contributed by atoms with Crippen LogP contribution in [-0.2, 0) is 0 Å². The lowest BCUT2D eigenvalue weighted by Crippen LogP contribution is -2.31. The molecule has 0 spiro atoms. The zero-order valence-corrected chi connectivity index (χ0v) is 11.7. The number of hydrogen-bond donors (Lipinski definition) is 1. The summed E-state index contributed by atoms with van der Waals surface area (Å²) in [4.78, 5) is 8.43. The van der Waals surface area contributed by atoms with Crippen LogP contribution in [0.15, 0.2) is 6.33 Å². The van der Waals surface area contributed by atoms with Crippen LogP contribution < -0.4 is 10.1 Å². The van der Waals surface area contributed by atoms with Gasteiger partial charge in [-0.2, -0.15) is 0 Å². The van der Waals surface area contributed by atoms with Crippen molar-refractivity contribution in [2.45, 2.75) is 46.1 Å². The molecule has 0 amide bonds. The van der Waals surface area contributed by atoms with Gasteiger partial charge in [0.2, 0.25) is 5.88 Å². The van der Waals surface area contributed by atoms with Gasteiger partial charge in [0.25, 0.3) is 0 Å². The first-order valence-electron chi connectivity index (χ1n) is 6.74. The molecule has 1 aliphatic carbocycles. The molecule has 0 aromatic carbocycles. The molecular formula is C14H23N3O. The van der Waals surface area contributed by atoms with E-state index in [1.54, 1.807) is 13.4 Å². The molecule has 1 N–H and O–H groups in total. The summed E-state index contributed by atoms with van der Waals surface area (Å²) >= 11 is 0. The number of anilines is 1. The number of ether oxygens (including phenoxy) is 1. The predicted octanol–water partition coefficient (Wildman–Crippen LogP) is 3.03. The van der Waals surface area contributed by atoms with Crippen LogP contribution in [0.25, 0.3) is 0 Å². The second-order valence-electron chi connectivity index (χ2n) is 5.47. The van der Waals surface area contributed by atoms with Crippen LogP contribution in [0.4, 0.5) is 5.82 Å². The lowest BCUT2D eigenvalue weighted by molar-refractivity contribution is 0.260. The maximum atomic E-state index is 5.22. The van der Waals surface area contributed by atoms with E-state index in [9.17, 15) is 0 Å². The van der Waals surface area contributed by atoms with Gasteiger partial charge in [-0.15, -0.1) is 0 Å². The van der Waals surface area contributed by atoms with E-state index in [-0.39, 0.29) is 0 Å². The standard InChI is InChI=1S/C14H23N3O/c1-9-5-6-12(7-10(9)2)17-13-11(3)14(18-4)16-8-15-13/h8-10,12H,5-7H2,1-4H3,(H,15,16,17). The maximum absolute atomic E-state index is 5.22. The Morgan fingerprint density at radius 3 is 2.67 bits per heavy atom. The van der Waals surface area contributed by atoms with Gasteiger partial charge in [-0.05, 0) is 38.0 Å². The van der Waals surface area contributed by atoms with E-state index in [0.717, 1.165) is 23.2 Å². The van der Waals surface area contributed by atoms with Gasteiger partial charge in [-0.25, -0.2) is 9.97 Å². The van der Waals surface area contributed by atoms with E-state index in [2.05, 4.69) is 29.1 Å². The molecule has 0 bridgehead atoms. The van der Waals surface area contributed by atoms with E-state index >= 15 is 0 Å². The minimum Gasteiger partial charge on any atom is -0.481 e. The van der Waals surface area contributed by atoms with E-state index < -0.39 is 0 Å². The summed E-state index contributed by atoms with van der Waals surface area (Å²) in [5.74, 6) is 3.18. The number of rotatable bonds is 3. The number of nitrogens with zero attached hydrogens (tertiary/aromatic N) is 2. The van der Waals surface area contributed by atoms with Gasteiger partial charge >= 0.3 is 0 Å². The normalized spacial score (nSPS) is 27.9. The first kappa shape index (κ1) is 13.1. The Bertz CT molecular complexity index is 408. The largest absolute Gasteiger partial charge is 0.481 e. The van der Waals surface area contributed by atoms with Crippen LogP contribution in [0.5, 0.6) is 5.88 Å². The molecule has 2 rings (SSSR count). The van der Waals surface area contributed by atoms with Crippen LogP contribution >= 0.6 is 0 Å². The Kier molecular flexibility index (Phi) is 4.04. The van der Waals surface area contributed by atoms with Gasteiger partial charge in [0, 0.05) is 6.04 Å². The Balaban J connectivity index is 2.06. The molecule has 1 fully saturated rings. The molecule has 1 aromatic heterocycles. The molecule has 3 unspecified atom stereocenters. The van der Waals surface area contributed by atoms with Crippen LogP contribution in [0.2, 0.25) is 0 Å². The third kappa shape index (κ3) is 2.74. The summed E-state index contributed by atoms with van der Waals surface area (Å²) in [5, 5.41) is 3.54. The Morgan fingerprint density at radius 1 is 1.22 bits per heavy atom. The molecule has 0 radical (unpaired) electrons. The molecular weight excluding hydrogens is 226 g/mol. The molecule has 1 saturated carbocycles. The zero-order chi connectivity index (χ0) is 13.1. The van der Waals surface area contributed by atoms with Crippen molar-refractivity contribution in [1.82, 2.24) is 9.97 Å². The van der Waals surface area contributed by atoms with Crippen molar-refractivity contribution < 1.29 is 4.74 Å². The van der Waals surface area contributed by atoms with Crippen LogP contribution in [-0.4, -0.2) is 23.1 Å². The molecule has 0 saturated heterocycles. The monoisotopic (exact) mass is 249 g/mol. The molecule has 0 aliphatic heterocycles. The van der Waals surface area contributed by atoms with Crippen molar-refractivity contribution in [2.75, 3.05) is 12.4 Å². The Labute approximate surface area is 109 Å². The number of nitrogens with one attached hydrogen (secondary N) is 1. The average Bonchev–Trinajstić information content (AvgIpc) is 2.36. The predicted molar refractivity (Wildman–Crippen MR) is 72.9 cm³/mol. The minimum atomic E-state index is 0.523. The van der Waals surface area contributed by atoms with Gasteiger partial charge in [0.15, 0.2) is 0 Å². The lowest BCUT2D eigenvalue weighted by atomic mass is 9.79. The average molecular weight is 249 g/mol. The fourth-order valence-corrected chi connectivity index (χ4v) is 2.66.